The SMILES string of the molecule is CCOC(=O)C(C)(C)Oc1ccc(C=Nc2sc(-c3ccc(C(F)(F)F)cc3)nc2C)cc1C. The predicted molar refractivity (Wildman–Crippen MR) is 127 cm³/mol. The van der Waals surface area contributed by atoms with Gasteiger partial charge in [0.25, 0.3) is 0 Å². The number of carbonyl (C=O) groups excluding carboxylic acids is 1. The smallest absolute Gasteiger partial charge is 0.416 e. The number of nitrogens with zero attached hydrogens (tertiary/aromatic N) is 2. The lowest BCUT2D eigenvalue weighted by molar-refractivity contribution is -0.158. The van der Waals surface area contributed by atoms with E-state index in [1.807, 2.05) is 19.1 Å². The summed E-state index contributed by atoms with van der Waals surface area (Å²) < 4.78 is 49.3. The number of aromatic nitrogens is 1. The molecule has 0 atom stereocenters. The number of aryl methyl sites for hydroxylation is 2. The molecular formula is C25H25F3N2O3S. The maximum absolute atomic E-state index is 12.8. The standard InChI is InChI=1S/C25H25F3N2O3S/c1-6-32-23(31)24(4,5)33-20-12-7-17(13-15(20)2)14-29-21-16(3)30-22(34-21)18-8-10-19(11-9-18)25(26,27)28/h7-14H,6H2,1-5H3. The molecule has 9 heteroatoms. The summed E-state index contributed by atoms with van der Waals surface area (Å²) in [4.78, 5) is 21.0. The minimum absolute atomic E-state index is 0.275. The first-order valence-electron chi connectivity index (χ1n) is 10.6. The Labute approximate surface area is 200 Å². The molecule has 34 heavy (non-hydrogen) atoms. The van der Waals surface area contributed by atoms with Gasteiger partial charge in [-0.3, -0.25) is 0 Å². The lowest BCUT2D eigenvalue weighted by atomic mass is 10.1. The van der Waals surface area contributed by atoms with Crippen molar-refractivity contribution >= 4 is 28.5 Å². The van der Waals surface area contributed by atoms with E-state index in [1.54, 1.807) is 40.0 Å². The number of hydrogen-bond acceptors (Lipinski definition) is 6. The van der Waals surface area contributed by atoms with Gasteiger partial charge in [0, 0.05) is 11.8 Å². The van der Waals surface area contributed by atoms with Crippen molar-refractivity contribution in [3.63, 3.8) is 0 Å². The van der Waals surface area contributed by atoms with E-state index < -0.39 is 23.3 Å². The molecule has 0 saturated heterocycles. The molecule has 0 saturated carbocycles. The number of halogens is 3. The molecular weight excluding hydrogens is 465 g/mol. The molecule has 0 aliphatic heterocycles. The van der Waals surface area contributed by atoms with E-state index in [-0.39, 0.29) is 6.61 Å². The topological polar surface area (TPSA) is 60.8 Å². The van der Waals surface area contributed by atoms with Gasteiger partial charge in [-0.05, 0) is 76.1 Å². The van der Waals surface area contributed by atoms with E-state index in [9.17, 15) is 18.0 Å². The maximum atomic E-state index is 12.8. The summed E-state index contributed by atoms with van der Waals surface area (Å²) in [6, 6.07) is 10.4. The molecule has 0 amide bonds. The number of rotatable bonds is 7. The molecule has 3 aromatic rings. The first kappa shape index (κ1) is 25.4. The zero-order valence-electron chi connectivity index (χ0n) is 19.5. The molecule has 1 heterocycles. The van der Waals surface area contributed by atoms with Crippen LogP contribution in [-0.2, 0) is 15.7 Å². The highest BCUT2D eigenvalue weighted by Crippen LogP contribution is 2.36. The first-order valence-corrected chi connectivity index (χ1v) is 11.4. The van der Waals surface area contributed by atoms with Crippen LogP contribution in [0.2, 0.25) is 0 Å². The van der Waals surface area contributed by atoms with Gasteiger partial charge in [0.2, 0.25) is 0 Å². The minimum atomic E-state index is -4.37. The number of esters is 1. The van der Waals surface area contributed by atoms with Crippen molar-refractivity contribution in [1.29, 1.82) is 0 Å². The van der Waals surface area contributed by atoms with Crippen molar-refractivity contribution in [1.82, 2.24) is 4.98 Å². The highest BCUT2D eigenvalue weighted by molar-refractivity contribution is 7.18. The molecule has 0 radical (unpaired) electrons. The van der Waals surface area contributed by atoms with E-state index in [2.05, 4.69) is 9.98 Å². The average Bonchev–Trinajstić information content (AvgIpc) is 3.14. The second-order valence-electron chi connectivity index (χ2n) is 8.10. The van der Waals surface area contributed by atoms with Gasteiger partial charge >= 0.3 is 12.1 Å². The molecule has 0 N–H and O–H groups in total. The van der Waals surface area contributed by atoms with Crippen LogP contribution in [0, 0.1) is 13.8 Å². The predicted octanol–water partition coefficient (Wildman–Crippen LogP) is 6.92. The Hall–Kier alpha value is -3.20. The number of thiazole rings is 1. The first-order chi connectivity index (χ1) is 15.9. The zero-order valence-corrected chi connectivity index (χ0v) is 20.3. The fraction of sp³-hybridized carbons (Fsp3) is 0.320. The van der Waals surface area contributed by atoms with Crippen LogP contribution in [0.5, 0.6) is 5.75 Å². The molecule has 180 valence electrons. The molecule has 0 spiro atoms. The fourth-order valence-corrected chi connectivity index (χ4v) is 3.97. The van der Waals surface area contributed by atoms with Crippen molar-refractivity contribution in [2.75, 3.05) is 6.61 Å². The largest absolute Gasteiger partial charge is 0.476 e. The van der Waals surface area contributed by atoms with Crippen LogP contribution >= 0.6 is 11.3 Å². The molecule has 3 rings (SSSR count). The van der Waals surface area contributed by atoms with E-state index in [0.29, 0.717) is 27.0 Å². The molecule has 0 unspecified atom stereocenters. The Morgan fingerprint density at radius 1 is 1.12 bits per heavy atom. The summed E-state index contributed by atoms with van der Waals surface area (Å²) in [6.45, 7) is 8.99. The normalized spacial score (nSPS) is 12.2. The number of aliphatic imine (C=N–C) groups is 1. The van der Waals surface area contributed by atoms with Crippen molar-refractivity contribution in [3.05, 3.63) is 64.8 Å². The Morgan fingerprint density at radius 2 is 1.79 bits per heavy atom. The molecule has 5 nitrogen and oxygen atoms in total. The van der Waals surface area contributed by atoms with Crippen LogP contribution < -0.4 is 4.74 Å². The van der Waals surface area contributed by atoms with Gasteiger partial charge < -0.3 is 9.47 Å². The summed E-state index contributed by atoms with van der Waals surface area (Å²) in [5.41, 5.74) is 1.12. The number of benzene rings is 2. The number of alkyl halides is 3. The van der Waals surface area contributed by atoms with Crippen LogP contribution in [-0.4, -0.2) is 29.4 Å². The van der Waals surface area contributed by atoms with E-state index >= 15 is 0 Å². The molecule has 0 aliphatic rings. The van der Waals surface area contributed by atoms with Gasteiger partial charge in [-0.1, -0.05) is 23.5 Å². The Morgan fingerprint density at radius 3 is 2.38 bits per heavy atom. The van der Waals surface area contributed by atoms with Crippen LogP contribution in [0.4, 0.5) is 18.2 Å². The summed E-state index contributed by atoms with van der Waals surface area (Å²) >= 11 is 1.30. The van der Waals surface area contributed by atoms with Gasteiger partial charge in [0.05, 0.1) is 17.9 Å². The third-order valence-electron chi connectivity index (χ3n) is 4.89. The van der Waals surface area contributed by atoms with Crippen molar-refractivity contribution in [3.8, 4) is 16.3 Å². The van der Waals surface area contributed by atoms with Crippen LogP contribution in [0.15, 0.2) is 47.5 Å². The quantitative estimate of drug-likeness (QED) is 0.267. The van der Waals surface area contributed by atoms with Gasteiger partial charge in [-0.25, -0.2) is 14.8 Å². The van der Waals surface area contributed by atoms with Crippen molar-refractivity contribution < 1.29 is 27.4 Å². The van der Waals surface area contributed by atoms with Crippen molar-refractivity contribution in [2.45, 2.75) is 46.4 Å². The monoisotopic (exact) mass is 490 g/mol. The molecule has 0 aliphatic carbocycles. The summed E-state index contributed by atoms with van der Waals surface area (Å²) in [5.74, 6) is 0.123. The Kier molecular flexibility index (Phi) is 7.45. The summed E-state index contributed by atoms with van der Waals surface area (Å²) in [5, 5.41) is 1.26. The highest BCUT2D eigenvalue weighted by atomic mass is 32.1. The maximum Gasteiger partial charge on any atom is 0.416 e. The molecule has 0 fully saturated rings. The van der Waals surface area contributed by atoms with Gasteiger partial charge in [-0.15, -0.1) is 0 Å². The third kappa shape index (κ3) is 6.02. The van der Waals surface area contributed by atoms with E-state index in [4.69, 9.17) is 9.47 Å². The summed E-state index contributed by atoms with van der Waals surface area (Å²) in [6.07, 6.45) is -2.69. The highest BCUT2D eigenvalue weighted by Gasteiger charge is 2.32. The fourth-order valence-electron chi connectivity index (χ4n) is 3.06. The van der Waals surface area contributed by atoms with Gasteiger partial charge in [0.15, 0.2) is 5.60 Å². The van der Waals surface area contributed by atoms with Crippen LogP contribution in [0.25, 0.3) is 10.6 Å². The number of hydrogen-bond donors (Lipinski definition) is 0. The van der Waals surface area contributed by atoms with E-state index in [0.717, 1.165) is 23.3 Å². The molecule has 0 bridgehead atoms. The van der Waals surface area contributed by atoms with Crippen molar-refractivity contribution in [2.24, 2.45) is 4.99 Å². The number of ether oxygens (including phenoxy) is 2. The number of carbonyl (C=O) groups is 1. The minimum Gasteiger partial charge on any atom is -0.476 e. The van der Waals surface area contributed by atoms with E-state index in [1.165, 1.54) is 23.5 Å². The molecule has 2 aromatic carbocycles. The van der Waals surface area contributed by atoms with Crippen LogP contribution in [0.1, 0.15) is 43.2 Å². The molecule has 1 aromatic heterocycles. The lowest BCUT2D eigenvalue weighted by Crippen LogP contribution is -2.39. The summed E-state index contributed by atoms with van der Waals surface area (Å²) in [7, 11) is 0. The average molecular weight is 491 g/mol. The van der Waals surface area contributed by atoms with Gasteiger partial charge in [-0.2, -0.15) is 13.2 Å². The lowest BCUT2D eigenvalue weighted by Gasteiger charge is -2.25. The zero-order chi connectivity index (χ0) is 25.1. The van der Waals surface area contributed by atoms with Gasteiger partial charge in [0.1, 0.15) is 15.8 Å². The second kappa shape index (κ2) is 9.97. The third-order valence-corrected chi connectivity index (χ3v) is 6.01. The second-order valence-corrected chi connectivity index (χ2v) is 9.08. The Balaban J connectivity index is 1.75. The Bertz CT molecular complexity index is 1200. The van der Waals surface area contributed by atoms with Crippen LogP contribution in [0.3, 0.4) is 0 Å².